The number of hydrogen-bond donors (Lipinski definition) is 0. The Kier molecular flexibility index (Phi) is 4.07. The lowest BCUT2D eigenvalue weighted by atomic mass is 10.3. The molecule has 0 aromatic heterocycles. The Labute approximate surface area is 79.1 Å². The van der Waals surface area contributed by atoms with E-state index in [4.69, 9.17) is 11.6 Å². The third-order valence-corrected chi connectivity index (χ3v) is 1.20. The molecule has 0 aliphatic rings. The Balaban J connectivity index is 4.37. The van der Waals surface area contributed by atoms with Crippen molar-refractivity contribution in [1.82, 2.24) is 0 Å². The van der Waals surface area contributed by atoms with Crippen LogP contribution >= 0.6 is 11.6 Å². The van der Waals surface area contributed by atoms with Gasteiger partial charge in [0.05, 0.1) is 5.03 Å². The molecule has 0 unspecified atom stereocenters. The average molecular weight is 213 g/mol. The van der Waals surface area contributed by atoms with Crippen molar-refractivity contribution in [2.24, 2.45) is 0 Å². The predicted molar refractivity (Wildman–Crippen MR) is 45.0 cm³/mol. The van der Waals surface area contributed by atoms with Gasteiger partial charge in [-0.2, -0.15) is 0 Å². The van der Waals surface area contributed by atoms with E-state index in [1.54, 1.807) is 6.92 Å². The zero-order valence-corrected chi connectivity index (χ0v) is 7.67. The van der Waals surface area contributed by atoms with E-state index < -0.39 is 12.1 Å². The Bertz CT molecular complexity index is 253. The van der Waals surface area contributed by atoms with E-state index in [-0.39, 0.29) is 5.03 Å². The lowest BCUT2D eigenvalue weighted by Crippen LogP contribution is -2.12. The monoisotopic (exact) mass is 212 g/mol. The van der Waals surface area contributed by atoms with E-state index in [0.717, 1.165) is 0 Å². The molecular weight excluding hydrogens is 205 g/mol. The molecule has 1 nitrogen and oxygen atoms in total. The van der Waals surface area contributed by atoms with Crippen LogP contribution in [0.1, 0.15) is 6.92 Å². The van der Waals surface area contributed by atoms with Gasteiger partial charge in [0, 0.05) is 0 Å². The summed E-state index contributed by atoms with van der Waals surface area (Å²) in [5.41, 5.74) is 0.511. The quantitative estimate of drug-likeness (QED) is 0.512. The third kappa shape index (κ3) is 6.28. The molecule has 5 heteroatoms. The lowest BCUT2D eigenvalue weighted by Gasteiger charge is -2.10. The zero-order valence-electron chi connectivity index (χ0n) is 6.91. The summed E-state index contributed by atoms with van der Waals surface area (Å²) in [6, 6.07) is 0. The van der Waals surface area contributed by atoms with Gasteiger partial charge in [-0.1, -0.05) is 30.3 Å². The second-order valence-corrected chi connectivity index (χ2v) is 2.72. The molecule has 0 fully saturated rings. The van der Waals surface area contributed by atoms with E-state index in [1.165, 1.54) is 6.08 Å². The first kappa shape index (κ1) is 12.1. The van der Waals surface area contributed by atoms with Crippen LogP contribution in [-0.4, -0.2) is 6.36 Å². The summed E-state index contributed by atoms with van der Waals surface area (Å²) in [7, 11) is 0. The predicted octanol–water partition coefficient (Wildman–Crippen LogP) is 3.74. The van der Waals surface area contributed by atoms with Crippen LogP contribution in [0.3, 0.4) is 0 Å². The van der Waals surface area contributed by atoms with Crippen molar-refractivity contribution < 1.29 is 17.9 Å². The average Bonchev–Trinajstić information content (AvgIpc) is 1.81. The highest BCUT2D eigenvalue weighted by Gasteiger charge is 2.32. The van der Waals surface area contributed by atoms with Gasteiger partial charge in [-0.15, -0.1) is 13.2 Å². The molecule has 74 valence electrons. The van der Waals surface area contributed by atoms with Crippen molar-refractivity contribution in [2.75, 3.05) is 0 Å². The van der Waals surface area contributed by atoms with Crippen molar-refractivity contribution >= 4 is 11.6 Å². The van der Waals surface area contributed by atoms with Gasteiger partial charge < -0.3 is 4.74 Å². The highest BCUT2D eigenvalue weighted by Crippen LogP contribution is 2.25. The van der Waals surface area contributed by atoms with Crippen LogP contribution in [-0.2, 0) is 4.74 Å². The van der Waals surface area contributed by atoms with Crippen molar-refractivity contribution in [2.45, 2.75) is 13.3 Å². The number of ether oxygens (including phenoxy) is 1. The minimum absolute atomic E-state index is 0.218. The first-order valence-electron chi connectivity index (χ1n) is 3.20. The van der Waals surface area contributed by atoms with Crippen LogP contribution < -0.4 is 0 Å². The van der Waals surface area contributed by atoms with Gasteiger partial charge in [0.2, 0.25) is 0 Å². The Morgan fingerprint density at radius 3 is 2.15 bits per heavy atom. The van der Waals surface area contributed by atoms with Gasteiger partial charge in [-0.3, -0.25) is 0 Å². The fourth-order valence-electron chi connectivity index (χ4n) is 0.485. The number of allylic oxidation sites excluding steroid dienone is 3. The van der Waals surface area contributed by atoms with Crippen molar-refractivity contribution in [1.29, 1.82) is 0 Å². The third-order valence-electron chi connectivity index (χ3n) is 0.878. The van der Waals surface area contributed by atoms with E-state index in [9.17, 15) is 13.2 Å². The standard InChI is InChI=1S/C8H8ClF3O/c1-5(2)4-7(9)6(3)13-8(10,11)12/h4H,1,3H2,2H3/b7-4+. The maximum atomic E-state index is 11.6. The Morgan fingerprint density at radius 2 is 1.85 bits per heavy atom. The maximum Gasteiger partial charge on any atom is 0.573 e. The minimum Gasteiger partial charge on any atom is -0.405 e. The molecule has 13 heavy (non-hydrogen) atoms. The van der Waals surface area contributed by atoms with Gasteiger partial charge in [0.25, 0.3) is 0 Å². The molecular formula is C8H8ClF3O. The number of halogens is 4. The number of alkyl halides is 3. The Hall–Kier alpha value is -0.900. The molecule has 0 atom stereocenters. The summed E-state index contributed by atoms with van der Waals surface area (Å²) >= 11 is 5.41. The highest BCUT2D eigenvalue weighted by molar-refractivity contribution is 6.31. The fraction of sp³-hybridized carbons (Fsp3) is 0.250. The molecule has 0 aromatic rings. The second-order valence-electron chi connectivity index (χ2n) is 2.31. The second kappa shape index (κ2) is 4.37. The van der Waals surface area contributed by atoms with Crippen LogP contribution in [0.25, 0.3) is 0 Å². The molecule has 0 saturated heterocycles. The smallest absolute Gasteiger partial charge is 0.405 e. The van der Waals surface area contributed by atoms with E-state index in [1.807, 2.05) is 0 Å². The molecule has 0 bridgehead atoms. The zero-order chi connectivity index (χ0) is 10.6. The number of hydrogen-bond acceptors (Lipinski definition) is 1. The Morgan fingerprint density at radius 1 is 1.38 bits per heavy atom. The van der Waals surface area contributed by atoms with E-state index in [0.29, 0.717) is 5.57 Å². The van der Waals surface area contributed by atoms with Crippen LogP contribution in [0.5, 0.6) is 0 Å². The molecule has 0 radical (unpaired) electrons. The topological polar surface area (TPSA) is 9.23 Å². The molecule has 0 N–H and O–H groups in total. The minimum atomic E-state index is -4.76. The summed E-state index contributed by atoms with van der Waals surface area (Å²) in [5, 5.41) is -0.218. The fourth-order valence-corrected chi connectivity index (χ4v) is 0.710. The lowest BCUT2D eigenvalue weighted by molar-refractivity contribution is -0.303. The van der Waals surface area contributed by atoms with Gasteiger partial charge >= 0.3 is 6.36 Å². The first-order valence-corrected chi connectivity index (χ1v) is 3.58. The molecule has 0 aliphatic heterocycles. The highest BCUT2D eigenvalue weighted by atomic mass is 35.5. The molecule has 0 rings (SSSR count). The van der Waals surface area contributed by atoms with Gasteiger partial charge in [-0.25, -0.2) is 0 Å². The van der Waals surface area contributed by atoms with E-state index in [2.05, 4.69) is 17.9 Å². The van der Waals surface area contributed by atoms with Crippen LogP contribution in [0, 0.1) is 0 Å². The molecule has 0 amide bonds. The van der Waals surface area contributed by atoms with Gasteiger partial charge in [-0.05, 0) is 13.0 Å². The van der Waals surface area contributed by atoms with E-state index >= 15 is 0 Å². The molecule has 0 spiro atoms. The molecule has 0 aromatic carbocycles. The molecule has 0 saturated carbocycles. The first-order chi connectivity index (χ1) is 5.72. The molecule has 0 heterocycles. The van der Waals surface area contributed by atoms with Crippen molar-refractivity contribution in [3.05, 3.63) is 35.6 Å². The largest absolute Gasteiger partial charge is 0.573 e. The van der Waals surface area contributed by atoms with Gasteiger partial charge in [0.15, 0.2) is 0 Å². The van der Waals surface area contributed by atoms with Gasteiger partial charge in [0.1, 0.15) is 5.76 Å². The van der Waals surface area contributed by atoms with Crippen LogP contribution in [0.4, 0.5) is 13.2 Å². The van der Waals surface area contributed by atoms with Crippen molar-refractivity contribution in [3.8, 4) is 0 Å². The summed E-state index contributed by atoms with van der Waals surface area (Å²) in [6.07, 6.45) is -3.53. The summed E-state index contributed by atoms with van der Waals surface area (Å²) in [5.74, 6) is -0.642. The number of rotatable bonds is 3. The summed E-state index contributed by atoms with van der Waals surface area (Å²) in [6.45, 7) is 8.03. The van der Waals surface area contributed by atoms with Crippen molar-refractivity contribution in [3.63, 3.8) is 0 Å². The normalized spacial score (nSPS) is 12.5. The van der Waals surface area contributed by atoms with Crippen LogP contribution in [0.2, 0.25) is 0 Å². The summed E-state index contributed by atoms with van der Waals surface area (Å²) in [4.78, 5) is 0. The summed E-state index contributed by atoms with van der Waals surface area (Å²) < 4.78 is 38.3. The SMILES string of the molecule is C=C(C)/C=C(/Cl)C(=C)OC(F)(F)F. The van der Waals surface area contributed by atoms with Crippen LogP contribution in [0.15, 0.2) is 35.6 Å². The maximum absolute atomic E-state index is 11.6. The molecule has 0 aliphatic carbocycles.